The number of esters is 1. The highest BCUT2D eigenvalue weighted by molar-refractivity contribution is 7.85. The molecule has 0 saturated heterocycles. The van der Waals surface area contributed by atoms with Crippen molar-refractivity contribution in [2.45, 2.75) is 37.1 Å². The Morgan fingerprint density at radius 1 is 1.21 bits per heavy atom. The topological polar surface area (TPSA) is 110 Å². The summed E-state index contributed by atoms with van der Waals surface area (Å²) in [6, 6.07) is 7.54. The lowest BCUT2D eigenvalue weighted by molar-refractivity contribution is -0.144. The van der Waals surface area contributed by atoms with E-state index < -0.39 is 34.7 Å². The van der Waals surface area contributed by atoms with Crippen LogP contribution < -0.4 is 5.32 Å². The fourth-order valence-corrected chi connectivity index (χ4v) is 3.03. The number of aliphatic carboxylic acids is 1. The van der Waals surface area contributed by atoms with Crippen molar-refractivity contribution in [3.05, 3.63) is 30.3 Å². The molecule has 2 atom stereocenters. The zero-order valence-corrected chi connectivity index (χ0v) is 14.2. The van der Waals surface area contributed by atoms with Gasteiger partial charge in [0.25, 0.3) is 0 Å². The van der Waals surface area contributed by atoms with Crippen molar-refractivity contribution < 1.29 is 28.4 Å². The lowest BCUT2D eigenvalue weighted by atomic mass is 10.2. The molecular weight excluding hydrogens is 334 g/mol. The van der Waals surface area contributed by atoms with Crippen LogP contribution in [0.3, 0.4) is 0 Å². The number of carboxylic acids is 1. The van der Waals surface area contributed by atoms with Gasteiger partial charge in [0.05, 0.1) is 23.8 Å². The van der Waals surface area contributed by atoms with E-state index in [-0.39, 0.29) is 31.6 Å². The van der Waals surface area contributed by atoms with Crippen molar-refractivity contribution in [1.82, 2.24) is 5.32 Å². The molecule has 1 rings (SSSR count). The van der Waals surface area contributed by atoms with Gasteiger partial charge in [-0.05, 0) is 25.5 Å². The smallest absolute Gasteiger partial charge is 0.326 e. The minimum absolute atomic E-state index is 0.0297. The summed E-state index contributed by atoms with van der Waals surface area (Å²) in [6.07, 6.45) is -0.228. The molecule has 1 aromatic carbocycles. The summed E-state index contributed by atoms with van der Waals surface area (Å²) in [5.41, 5.74) is 0. The van der Waals surface area contributed by atoms with Crippen LogP contribution in [0.25, 0.3) is 0 Å². The second-order valence-corrected chi connectivity index (χ2v) is 6.49. The van der Waals surface area contributed by atoms with Crippen molar-refractivity contribution in [2.75, 3.05) is 12.4 Å². The van der Waals surface area contributed by atoms with Gasteiger partial charge in [-0.3, -0.25) is 13.8 Å². The van der Waals surface area contributed by atoms with Gasteiger partial charge in [0.15, 0.2) is 0 Å². The molecule has 132 valence electrons. The number of hydrogen-bond acceptors (Lipinski definition) is 5. The summed E-state index contributed by atoms with van der Waals surface area (Å²) in [7, 11) is -1.34. The van der Waals surface area contributed by atoms with Crippen molar-refractivity contribution in [1.29, 1.82) is 0 Å². The lowest BCUT2D eigenvalue weighted by Crippen LogP contribution is -2.41. The summed E-state index contributed by atoms with van der Waals surface area (Å²) in [6.45, 7) is 1.88. The second-order valence-electron chi connectivity index (χ2n) is 4.91. The molecule has 1 aromatic rings. The number of amides is 1. The summed E-state index contributed by atoms with van der Waals surface area (Å²) < 4.78 is 16.8. The standard InChI is InChI=1S/C16H21NO6S/c1-2-23-15(19)9-8-14(18)17-13(16(20)21)10-11-24(22)12-6-4-3-5-7-12/h3-7,13H,2,8-11H2,1H3,(H,17,18)(H,20,21)/t13-,24+/m1/s1. The van der Waals surface area contributed by atoms with Gasteiger partial charge in [0.2, 0.25) is 5.91 Å². The Hall–Kier alpha value is -2.22. The summed E-state index contributed by atoms with van der Waals surface area (Å²) in [5.74, 6) is -2.16. The van der Waals surface area contributed by atoms with E-state index in [0.717, 1.165) is 0 Å². The summed E-state index contributed by atoms with van der Waals surface area (Å²) >= 11 is 0. The number of carboxylic acid groups (broad SMARTS) is 1. The van der Waals surface area contributed by atoms with Crippen molar-refractivity contribution in [3.8, 4) is 0 Å². The monoisotopic (exact) mass is 355 g/mol. The number of hydrogen-bond donors (Lipinski definition) is 2. The molecule has 0 unspecified atom stereocenters. The predicted octanol–water partition coefficient (Wildman–Crippen LogP) is 1.10. The molecule has 7 nitrogen and oxygen atoms in total. The second kappa shape index (κ2) is 10.5. The van der Waals surface area contributed by atoms with Crippen LogP contribution >= 0.6 is 0 Å². The average Bonchev–Trinajstić information content (AvgIpc) is 2.57. The summed E-state index contributed by atoms with van der Waals surface area (Å²) in [4.78, 5) is 34.7. The van der Waals surface area contributed by atoms with E-state index in [0.29, 0.717) is 4.90 Å². The number of ether oxygens (including phenoxy) is 1. The van der Waals surface area contributed by atoms with E-state index in [1.165, 1.54) is 0 Å². The minimum atomic E-state index is -1.34. The van der Waals surface area contributed by atoms with Crippen molar-refractivity contribution >= 4 is 28.6 Å². The third-order valence-electron chi connectivity index (χ3n) is 3.09. The molecule has 0 saturated carbocycles. The first-order valence-corrected chi connectivity index (χ1v) is 8.87. The third kappa shape index (κ3) is 7.36. The van der Waals surface area contributed by atoms with Gasteiger partial charge >= 0.3 is 11.9 Å². The highest BCUT2D eigenvalue weighted by atomic mass is 32.2. The Morgan fingerprint density at radius 3 is 2.46 bits per heavy atom. The number of carbonyl (C=O) groups excluding carboxylic acids is 2. The first-order chi connectivity index (χ1) is 11.4. The van der Waals surface area contributed by atoms with E-state index in [4.69, 9.17) is 9.84 Å². The zero-order valence-electron chi connectivity index (χ0n) is 13.4. The van der Waals surface area contributed by atoms with E-state index in [9.17, 15) is 18.6 Å². The third-order valence-corrected chi connectivity index (χ3v) is 4.50. The molecule has 0 fully saturated rings. The largest absolute Gasteiger partial charge is 0.480 e. The van der Waals surface area contributed by atoms with Crippen LogP contribution in [0.1, 0.15) is 26.2 Å². The Bertz CT molecular complexity index is 589. The number of carbonyl (C=O) groups is 3. The predicted molar refractivity (Wildman–Crippen MR) is 87.8 cm³/mol. The highest BCUT2D eigenvalue weighted by Crippen LogP contribution is 2.08. The molecule has 0 aliphatic heterocycles. The molecule has 8 heteroatoms. The average molecular weight is 355 g/mol. The fourth-order valence-electron chi connectivity index (χ4n) is 1.89. The van der Waals surface area contributed by atoms with Crippen LogP contribution in [0.5, 0.6) is 0 Å². The molecule has 2 N–H and O–H groups in total. The van der Waals surface area contributed by atoms with Crippen LogP contribution in [0.2, 0.25) is 0 Å². The van der Waals surface area contributed by atoms with E-state index in [1.807, 2.05) is 0 Å². The Labute approximate surface area is 142 Å². The summed E-state index contributed by atoms with van der Waals surface area (Å²) in [5, 5.41) is 11.5. The molecule has 0 spiro atoms. The van der Waals surface area contributed by atoms with Crippen LogP contribution in [-0.2, 0) is 29.9 Å². The van der Waals surface area contributed by atoms with Gasteiger partial charge in [0.1, 0.15) is 6.04 Å². The van der Waals surface area contributed by atoms with E-state index >= 15 is 0 Å². The van der Waals surface area contributed by atoms with Gasteiger partial charge in [-0.15, -0.1) is 0 Å². The molecule has 0 aliphatic carbocycles. The molecule has 0 heterocycles. The first kappa shape index (κ1) is 19.8. The number of rotatable bonds is 10. The Morgan fingerprint density at radius 2 is 1.88 bits per heavy atom. The van der Waals surface area contributed by atoms with Crippen LogP contribution in [0.4, 0.5) is 0 Å². The maximum atomic E-state index is 12.1. The molecule has 24 heavy (non-hydrogen) atoms. The zero-order chi connectivity index (χ0) is 17.9. The van der Waals surface area contributed by atoms with Crippen LogP contribution in [-0.4, -0.2) is 45.6 Å². The maximum absolute atomic E-state index is 12.1. The molecule has 0 radical (unpaired) electrons. The molecule has 0 bridgehead atoms. The molecule has 0 aromatic heterocycles. The van der Waals surface area contributed by atoms with Gasteiger partial charge in [0, 0.05) is 17.1 Å². The van der Waals surface area contributed by atoms with E-state index in [2.05, 4.69) is 5.32 Å². The number of benzene rings is 1. The first-order valence-electron chi connectivity index (χ1n) is 7.55. The molecule has 1 amide bonds. The molecular formula is C16H21NO6S. The van der Waals surface area contributed by atoms with Gasteiger partial charge in [-0.2, -0.15) is 0 Å². The normalized spacial score (nSPS) is 12.9. The highest BCUT2D eigenvalue weighted by Gasteiger charge is 2.21. The maximum Gasteiger partial charge on any atom is 0.326 e. The SMILES string of the molecule is CCOC(=O)CCC(=O)N[C@H](CC[S@](=O)c1ccccc1)C(=O)O. The lowest BCUT2D eigenvalue weighted by Gasteiger charge is -2.14. The van der Waals surface area contributed by atoms with Gasteiger partial charge < -0.3 is 15.2 Å². The van der Waals surface area contributed by atoms with Crippen LogP contribution in [0, 0.1) is 0 Å². The van der Waals surface area contributed by atoms with Crippen LogP contribution in [0.15, 0.2) is 35.2 Å². The van der Waals surface area contributed by atoms with Gasteiger partial charge in [-0.1, -0.05) is 18.2 Å². The van der Waals surface area contributed by atoms with Gasteiger partial charge in [-0.25, -0.2) is 4.79 Å². The number of nitrogens with one attached hydrogen (secondary N) is 1. The van der Waals surface area contributed by atoms with Crippen molar-refractivity contribution in [2.24, 2.45) is 0 Å². The minimum Gasteiger partial charge on any atom is -0.480 e. The molecule has 0 aliphatic rings. The fraction of sp³-hybridized carbons (Fsp3) is 0.438. The van der Waals surface area contributed by atoms with E-state index in [1.54, 1.807) is 37.3 Å². The van der Waals surface area contributed by atoms with Crippen molar-refractivity contribution in [3.63, 3.8) is 0 Å². The Balaban J connectivity index is 2.46. The quantitative estimate of drug-likeness (QED) is 0.608. The Kier molecular flexibility index (Phi) is 8.70.